The summed E-state index contributed by atoms with van der Waals surface area (Å²) in [5.74, 6) is -0.379. The number of amides is 1. The Morgan fingerprint density at radius 3 is 2.50 bits per heavy atom. The number of carbonyl (C=O) groups excluding carboxylic acids is 1. The first-order chi connectivity index (χ1) is 18.9. The van der Waals surface area contributed by atoms with Gasteiger partial charge in [0.15, 0.2) is 5.58 Å². The van der Waals surface area contributed by atoms with Crippen molar-refractivity contribution in [3.8, 4) is 0 Å². The second-order valence-electron chi connectivity index (χ2n) is 10.2. The molecule has 1 heterocycles. The van der Waals surface area contributed by atoms with Crippen LogP contribution >= 0.6 is 15.9 Å². The van der Waals surface area contributed by atoms with E-state index in [-0.39, 0.29) is 41.4 Å². The number of carbonyl (C=O) groups is 1. The monoisotopic (exact) mass is 628 g/mol. The number of nitrogens with two attached hydrogens (primary N) is 1. The summed E-state index contributed by atoms with van der Waals surface area (Å²) in [4.78, 5) is 17.3. The molecule has 4 aromatic rings. The highest BCUT2D eigenvalue weighted by molar-refractivity contribution is 9.10. The SMILES string of the molecule is Cc1cc(Br)ccc1C(=O)NC(Cc1ccccc1)C(O)CN(CC(C)C)S(=O)(=O)c1ccc2nc(N)oc2c1. The number of hydrogen-bond donors (Lipinski definition) is 3. The molecule has 4 rings (SSSR count). The summed E-state index contributed by atoms with van der Waals surface area (Å²) in [6, 6.07) is 18.3. The van der Waals surface area contributed by atoms with Crippen LogP contribution in [0.15, 0.2) is 80.5 Å². The second-order valence-corrected chi connectivity index (χ2v) is 13.0. The maximum absolute atomic E-state index is 13.8. The van der Waals surface area contributed by atoms with Gasteiger partial charge in [-0.05, 0) is 60.7 Å². The lowest BCUT2D eigenvalue weighted by Crippen LogP contribution is -2.51. The molecule has 2 atom stereocenters. The predicted molar refractivity (Wildman–Crippen MR) is 158 cm³/mol. The number of hydrogen-bond acceptors (Lipinski definition) is 7. The number of fused-ring (bicyclic) bond motifs is 1. The van der Waals surface area contributed by atoms with Crippen molar-refractivity contribution in [3.63, 3.8) is 0 Å². The summed E-state index contributed by atoms with van der Waals surface area (Å²) in [5, 5.41) is 14.4. The van der Waals surface area contributed by atoms with E-state index in [4.69, 9.17) is 10.2 Å². The topological polar surface area (TPSA) is 139 Å². The number of anilines is 1. The van der Waals surface area contributed by atoms with Crippen molar-refractivity contribution >= 4 is 49.0 Å². The Balaban J connectivity index is 1.63. The highest BCUT2D eigenvalue weighted by atomic mass is 79.9. The third kappa shape index (κ3) is 7.08. The van der Waals surface area contributed by atoms with Crippen LogP contribution in [0.4, 0.5) is 6.01 Å². The lowest BCUT2D eigenvalue weighted by molar-refractivity contribution is 0.0775. The van der Waals surface area contributed by atoms with Crippen LogP contribution in [0.2, 0.25) is 0 Å². The fourth-order valence-electron chi connectivity index (χ4n) is 4.53. The number of aliphatic hydroxyl groups excluding tert-OH is 1. The molecule has 1 aromatic heterocycles. The zero-order valence-electron chi connectivity index (χ0n) is 22.5. The van der Waals surface area contributed by atoms with Gasteiger partial charge in [-0.1, -0.05) is 60.1 Å². The van der Waals surface area contributed by atoms with Gasteiger partial charge >= 0.3 is 0 Å². The molecule has 9 nitrogen and oxygen atoms in total. The molecule has 40 heavy (non-hydrogen) atoms. The van der Waals surface area contributed by atoms with Crippen LogP contribution in [-0.2, 0) is 16.4 Å². The number of rotatable bonds is 11. The molecular formula is C29H33BrN4O5S. The smallest absolute Gasteiger partial charge is 0.292 e. The summed E-state index contributed by atoms with van der Waals surface area (Å²) in [5.41, 5.74) is 8.46. The lowest BCUT2D eigenvalue weighted by Gasteiger charge is -2.31. The number of sulfonamides is 1. The Labute approximate surface area is 242 Å². The van der Waals surface area contributed by atoms with E-state index in [1.54, 1.807) is 12.1 Å². The molecule has 3 aromatic carbocycles. The third-order valence-corrected chi connectivity index (χ3v) is 8.81. The van der Waals surface area contributed by atoms with Crippen LogP contribution in [0.1, 0.15) is 35.3 Å². The molecule has 0 aliphatic heterocycles. The van der Waals surface area contributed by atoms with Gasteiger partial charge in [0, 0.05) is 29.2 Å². The van der Waals surface area contributed by atoms with E-state index in [9.17, 15) is 18.3 Å². The largest absolute Gasteiger partial charge is 0.424 e. The highest BCUT2D eigenvalue weighted by Gasteiger charge is 2.32. The van der Waals surface area contributed by atoms with Gasteiger partial charge in [0.1, 0.15) is 5.52 Å². The van der Waals surface area contributed by atoms with Gasteiger partial charge in [-0.3, -0.25) is 4.79 Å². The first-order valence-electron chi connectivity index (χ1n) is 12.9. The van der Waals surface area contributed by atoms with Crippen molar-refractivity contribution in [3.05, 3.63) is 87.9 Å². The molecule has 0 aliphatic rings. The van der Waals surface area contributed by atoms with Crippen molar-refractivity contribution < 1.29 is 22.7 Å². The molecule has 0 aliphatic carbocycles. The van der Waals surface area contributed by atoms with Crippen molar-refractivity contribution in [2.75, 3.05) is 18.8 Å². The number of nitrogens with one attached hydrogen (secondary N) is 1. The minimum atomic E-state index is -4.05. The zero-order valence-corrected chi connectivity index (χ0v) is 24.9. The fourth-order valence-corrected chi connectivity index (χ4v) is 6.64. The number of nitrogen functional groups attached to an aromatic ring is 1. The van der Waals surface area contributed by atoms with Crippen molar-refractivity contribution in [2.45, 2.75) is 44.2 Å². The number of nitrogens with zero attached hydrogens (tertiary/aromatic N) is 2. The minimum Gasteiger partial charge on any atom is -0.424 e. The summed E-state index contributed by atoms with van der Waals surface area (Å²) in [6.07, 6.45) is -0.902. The third-order valence-electron chi connectivity index (χ3n) is 6.49. The minimum absolute atomic E-state index is 0.00173. The molecule has 4 N–H and O–H groups in total. The van der Waals surface area contributed by atoms with Gasteiger partial charge in [-0.15, -0.1) is 0 Å². The zero-order chi connectivity index (χ0) is 29.0. The van der Waals surface area contributed by atoms with Gasteiger partial charge in [0.2, 0.25) is 10.0 Å². The molecular weight excluding hydrogens is 596 g/mol. The molecule has 0 fully saturated rings. The lowest BCUT2D eigenvalue weighted by atomic mass is 9.99. The molecule has 0 radical (unpaired) electrons. The number of oxazole rings is 1. The average Bonchev–Trinajstić information content (AvgIpc) is 3.27. The maximum Gasteiger partial charge on any atom is 0.292 e. The molecule has 0 spiro atoms. The number of aryl methyl sites for hydroxylation is 1. The Hall–Kier alpha value is -3.25. The number of aliphatic hydroxyl groups is 1. The van der Waals surface area contributed by atoms with E-state index in [0.717, 1.165) is 15.6 Å². The first-order valence-corrected chi connectivity index (χ1v) is 15.1. The number of halogens is 1. The number of benzene rings is 3. The summed E-state index contributed by atoms with van der Waals surface area (Å²) in [6.45, 7) is 5.56. The van der Waals surface area contributed by atoms with E-state index in [0.29, 0.717) is 17.5 Å². The first kappa shape index (κ1) is 29.7. The molecule has 0 saturated carbocycles. The Morgan fingerprint density at radius 1 is 1.10 bits per heavy atom. The van der Waals surface area contributed by atoms with E-state index >= 15 is 0 Å². The van der Waals surface area contributed by atoms with Gasteiger partial charge in [0.25, 0.3) is 11.9 Å². The van der Waals surface area contributed by atoms with Crippen LogP contribution < -0.4 is 11.1 Å². The molecule has 212 valence electrons. The van der Waals surface area contributed by atoms with Crippen molar-refractivity contribution in [1.29, 1.82) is 0 Å². The average molecular weight is 630 g/mol. The van der Waals surface area contributed by atoms with E-state index in [1.807, 2.05) is 57.2 Å². The van der Waals surface area contributed by atoms with E-state index < -0.39 is 22.2 Å². The highest BCUT2D eigenvalue weighted by Crippen LogP contribution is 2.25. The Morgan fingerprint density at radius 2 is 1.82 bits per heavy atom. The van der Waals surface area contributed by atoms with Crippen LogP contribution in [-0.4, -0.2) is 54.0 Å². The van der Waals surface area contributed by atoms with Gasteiger partial charge in [-0.2, -0.15) is 9.29 Å². The van der Waals surface area contributed by atoms with E-state index in [1.165, 1.54) is 22.5 Å². The molecule has 11 heteroatoms. The molecule has 0 saturated heterocycles. The summed E-state index contributed by atoms with van der Waals surface area (Å²) < 4.78 is 35.0. The molecule has 0 bridgehead atoms. The van der Waals surface area contributed by atoms with Crippen molar-refractivity contribution in [2.24, 2.45) is 5.92 Å². The summed E-state index contributed by atoms with van der Waals surface area (Å²) in [7, 11) is -4.05. The van der Waals surface area contributed by atoms with Gasteiger partial charge in [0.05, 0.1) is 17.0 Å². The second kappa shape index (κ2) is 12.5. The van der Waals surface area contributed by atoms with Crippen LogP contribution in [0.3, 0.4) is 0 Å². The van der Waals surface area contributed by atoms with Crippen molar-refractivity contribution in [1.82, 2.24) is 14.6 Å². The molecule has 1 amide bonds. The Bertz CT molecular complexity index is 1590. The molecule has 2 unspecified atom stereocenters. The van der Waals surface area contributed by atoms with Crippen LogP contribution in [0.25, 0.3) is 11.1 Å². The Kier molecular flexibility index (Phi) is 9.29. The normalized spacial score (nSPS) is 13.6. The quantitative estimate of drug-likeness (QED) is 0.222. The van der Waals surface area contributed by atoms with Gasteiger partial charge in [-0.25, -0.2) is 8.42 Å². The van der Waals surface area contributed by atoms with E-state index in [2.05, 4.69) is 26.2 Å². The maximum atomic E-state index is 13.8. The summed E-state index contributed by atoms with van der Waals surface area (Å²) >= 11 is 3.41. The standard InChI is InChI=1S/C29H33BrN4O5S/c1-18(2)16-34(40(37,38)22-10-12-24-27(15-22)39-29(31)33-24)17-26(35)25(14-20-7-5-4-6-8-20)32-28(36)23-11-9-21(30)13-19(23)3/h4-13,15,18,25-26,35H,14,16-17H2,1-3H3,(H2,31,33)(H,32,36). The predicted octanol–water partition coefficient (Wildman–Crippen LogP) is 4.53. The number of aromatic nitrogens is 1. The fraction of sp³-hybridized carbons (Fsp3) is 0.310. The van der Waals surface area contributed by atoms with Crippen LogP contribution in [0, 0.1) is 12.8 Å². The van der Waals surface area contributed by atoms with Crippen LogP contribution in [0.5, 0.6) is 0 Å². The van der Waals surface area contributed by atoms with Gasteiger partial charge < -0.3 is 20.6 Å².